The Bertz CT molecular complexity index is 3200. The molecular formula is C62H43N. The van der Waals surface area contributed by atoms with Gasteiger partial charge in [-0.25, -0.2) is 0 Å². The largest absolute Gasteiger partial charge is 0.310 e. The van der Waals surface area contributed by atoms with Crippen molar-refractivity contribution >= 4 is 17.1 Å². The minimum Gasteiger partial charge on any atom is -0.310 e. The standard InChI is InChI=1S/C62H43N/c1-5-17-42(18-6-1)44-29-34-49(35-30-44)63(58-40-33-48(43-19-7-2-8-20-43)41-57(58)46-23-11-4-12-24-46)50-36-31-47(32-37-50)52-39-38-51(45-21-9-3-10-22-45)61-59-53-25-13-15-27-55(53)60(62(52)61)56-28-16-14-26-54(56)59/h1-41,59-60H. The first-order chi connectivity index (χ1) is 31.3. The quantitative estimate of drug-likeness (QED) is 0.148. The normalized spacial score (nSPS) is 14.3. The van der Waals surface area contributed by atoms with Crippen LogP contribution in [0.15, 0.2) is 249 Å². The zero-order valence-corrected chi connectivity index (χ0v) is 34.8. The van der Waals surface area contributed by atoms with Gasteiger partial charge in [0.25, 0.3) is 0 Å². The fourth-order valence-corrected chi connectivity index (χ4v) is 10.5. The molecule has 0 aromatic heterocycles. The fourth-order valence-electron chi connectivity index (χ4n) is 10.5. The molecule has 0 saturated carbocycles. The summed E-state index contributed by atoms with van der Waals surface area (Å²) in [6.45, 7) is 0. The average Bonchev–Trinajstić information content (AvgIpc) is 3.37. The Morgan fingerprint density at radius 1 is 0.238 bits per heavy atom. The molecule has 296 valence electrons. The van der Waals surface area contributed by atoms with E-state index in [-0.39, 0.29) is 11.8 Å². The van der Waals surface area contributed by atoms with E-state index in [9.17, 15) is 0 Å². The lowest BCUT2D eigenvalue weighted by Crippen LogP contribution is -2.28. The van der Waals surface area contributed by atoms with E-state index in [1.165, 1.54) is 89.0 Å². The lowest BCUT2D eigenvalue weighted by molar-refractivity contribution is 0.757. The van der Waals surface area contributed by atoms with Crippen LogP contribution in [0.2, 0.25) is 0 Å². The van der Waals surface area contributed by atoms with Gasteiger partial charge < -0.3 is 4.90 Å². The molecule has 0 aliphatic heterocycles. The summed E-state index contributed by atoms with van der Waals surface area (Å²) in [5, 5.41) is 0. The van der Waals surface area contributed by atoms with Crippen LogP contribution in [0.25, 0.3) is 55.6 Å². The minimum atomic E-state index is 0.145. The van der Waals surface area contributed by atoms with E-state index in [0.717, 1.165) is 17.1 Å². The maximum absolute atomic E-state index is 2.43. The molecular weight excluding hydrogens is 759 g/mol. The van der Waals surface area contributed by atoms with Gasteiger partial charge in [0.15, 0.2) is 0 Å². The molecule has 0 saturated heterocycles. The van der Waals surface area contributed by atoms with E-state index < -0.39 is 0 Å². The highest BCUT2D eigenvalue weighted by Crippen LogP contribution is 2.60. The third kappa shape index (κ3) is 6.32. The van der Waals surface area contributed by atoms with Gasteiger partial charge in [0.05, 0.1) is 5.69 Å². The molecule has 13 rings (SSSR count). The number of rotatable bonds is 8. The van der Waals surface area contributed by atoms with Gasteiger partial charge >= 0.3 is 0 Å². The molecule has 1 nitrogen and oxygen atoms in total. The number of hydrogen-bond donors (Lipinski definition) is 0. The highest BCUT2D eigenvalue weighted by Gasteiger charge is 2.43. The highest BCUT2D eigenvalue weighted by molar-refractivity contribution is 5.92. The fraction of sp³-hybridized carbons (Fsp3) is 0.0323. The Morgan fingerprint density at radius 3 is 1.00 bits per heavy atom. The molecule has 0 fully saturated rings. The van der Waals surface area contributed by atoms with Crippen molar-refractivity contribution in [1.29, 1.82) is 0 Å². The number of hydrogen-bond acceptors (Lipinski definition) is 1. The van der Waals surface area contributed by atoms with Crippen LogP contribution >= 0.6 is 0 Å². The maximum Gasteiger partial charge on any atom is 0.0540 e. The Labute approximate surface area is 369 Å². The van der Waals surface area contributed by atoms with Crippen LogP contribution in [0.5, 0.6) is 0 Å². The molecule has 0 unspecified atom stereocenters. The summed E-state index contributed by atoms with van der Waals surface area (Å²) in [6.07, 6.45) is 0. The van der Waals surface area contributed by atoms with Crippen molar-refractivity contribution in [2.45, 2.75) is 11.8 Å². The summed E-state index contributed by atoms with van der Waals surface area (Å²) < 4.78 is 0. The molecule has 10 aromatic rings. The van der Waals surface area contributed by atoms with Crippen LogP contribution in [0, 0.1) is 0 Å². The van der Waals surface area contributed by atoms with E-state index in [2.05, 4.69) is 254 Å². The van der Waals surface area contributed by atoms with Gasteiger partial charge in [0.2, 0.25) is 0 Å². The first-order valence-electron chi connectivity index (χ1n) is 22.0. The average molecular weight is 802 g/mol. The molecule has 0 N–H and O–H groups in total. The summed E-state index contributed by atoms with van der Waals surface area (Å²) in [5.41, 5.74) is 24.1. The summed E-state index contributed by atoms with van der Waals surface area (Å²) in [4.78, 5) is 2.43. The first-order valence-corrected chi connectivity index (χ1v) is 22.0. The van der Waals surface area contributed by atoms with Crippen molar-refractivity contribution in [3.05, 3.63) is 282 Å². The highest BCUT2D eigenvalue weighted by atomic mass is 15.1. The van der Waals surface area contributed by atoms with Crippen LogP contribution in [-0.4, -0.2) is 0 Å². The third-order valence-corrected chi connectivity index (χ3v) is 13.3. The lowest BCUT2D eigenvalue weighted by Gasteiger charge is -2.44. The molecule has 0 radical (unpaired) electrons. The number of anilines is 3. The summed E-state index contributed by atoms with van der Waals surface area (Å²) >= 11 is 0. The zero-order valence-electron chi connectivity index (χ0n) is 34.8. The Balaban J connectivity index is 1.03. The summed E-state index contributed by atoms with van der Waals surface area (Å²) in [5.74, 6) is 0.309. The van der Waals surface area contributed by atoms with Gasteiger partial charge in [-0.3, -0.25) is 0 Å². The van der Waals surface area contributed by atoms with Crippen molar-refractivity contribution in [1.82, 2.24) is 0 Å². The molecule has 0 amide bonds. The van der Waals surface area contributed by atoms with Crippen molar-refractivity contribution < 1.29 is 0 Å². The molecule has 10 aromatic carbocycles. The monoisotopic (exact) mass is 801 g/mol. The minimum absolute atomic E-state index is 0.145. The van der Waals surface area contributed by atoms with E-state index in [1.54, 1.807) is 0 Å². The maximum atomic E-state index is 2.43. The second-order valence-corrected chi connectivity index (χ2v) is 16.7. The van der Waals surface area contributed by atoms with Crippen LogP contribution in [-0.2, 0) is 0 Å². The predicted octanol–water partition coefficient (Wildman–Crippen LogP) is 16.5. The first kappa shape index (κ1) is 36.8. The Hall–Kier alpha value is -8.00. The van der Waals surface area contributed by atoms with Crippen molar-refractivity contribution in [2.24, 2.45) is 0 Å². The van der Waals surface area contributed by atoms with Crippen LogP contribution < -0.4 is 4.90 Å². The van der Waals surface area contributed by atoms with E-state index in [0.29, 0.717) is 0 Å². The van der Waals surface area contributed by atoms with E-state index in [1.807, 2.05) is 0 Å². The summed E-state index contributed by atoms with van der Waals surface area (Å²) in [7, 11) is 0. The second-order valence-electron chi connectivity index (χ2n) is 16.7. The summed E-state index contributed by atoms with van der Waals surface area (Å²) in [6, 6.07) is 91.5. The lowest BCUT2D eigenvalue weighted by atomic mass is 9.58. The van der Waals surface area contributed by atoms with Gasteiger partial charge in [0.1, 0.15) is 0 Å². The van der Waals surface area contributed by atoms with Crippen LogP contribution in [0.1, 0.15) is 45.2 Å². The molecule has 0 atom stereocenters. The molecule has 3 aliphatic rings. The van der Waals surface area contributed by atoms with E-state index in [4.69, 9.17) is 0 Å². The molecule has 63 heavy (non-hydrogen) atoms. The van der Waals surface area contributed by atoms with Crippen molar-refractivity contribution in [3.8, 4) is 55.6 Å². The van der Waals surface area contributed by atoms with Gasteiger partial charge in [-0.15, -0.1) is 0 Å². The van der Waals surface area contributed by atoms with Gasteiger partial charge in [0, 0.05) is 28.8 Å². The number of nitrogens with zero attached hydrogens (tertiary/aromatic N) is 1. The van der Waals surface area contributed by atoms with Gasteiger partial charge in [-0.05, 0) is 120 Å². The Kier molecular flexibility index (Phi) is 9.04. The molecule has 0 spiro atoms. The molecule has 2 bridgehead atoms. The molecule has 3 aliphatic carbocycles. The molecule has 0 heterocycles. The van der Waals surface area contributed by atoms with Crippen molar-refractivity contribution in [3.63, 3.8) is 0 Å². The second kappa shape index (κ2) is 15.5. The smallest absolute Gasteiger partial charge is 0.0540 e. The molecule has 1 heteroatoms. The van der Waals surface area contributed by atoms with E-state index >= 15 is 0 Å². The third-order valence-electron chi connectivity index (χ3n) is 13.3. The number of benzene rings is 10. The zero-order chi connectivity index (χ0) is 41.7. The van der Waals surface area contributed by atoms with Gasteiger partial charge in [-0.2, -0.15) is 0 Å². The Morgan fingerprint density at radius 2 is 0.556 bits per heavy atom. The van der Waals surface area contributed by atoms with Crippen LogP contribution in [0.4, 0.5) is 17.1 Å². The van der Waals surface area contributed by atoms with Crippen LogP contribution in [0.3, 0.4) is 0 Å². The topological polar surface area (TPSA) is 3.24 Å². The van der Waals surface area contributed by atoms with Crippen molar-refractivity contribution in [2.75, 3.05) is 4.90 Å². The SMILES string of the molecule is c1ccc(-c2ccc(N(c3ccc(-c4ccc(-c5ccccc5)c5c4C4c6ccccc6C5c5ccccc54)cc3)c3ccc(-c4ccccc4)cc3-c3ccccc3)cc2)cc1. The van der Waals surface area contributed by atoms with Gasteiger partial charge in [-0.1, -0.05) is 212 Å². The predicted molar refractivity (Wildman–Crippen MR) is 263 cm³/mol.